The van der Waals surface area contributed by atoms with E-state index in [1.54, 1.807) is 5.51 Å². The number of fused-ring (bicyclic) bond motifs is 1. The molecule has 1 saturated heterocycles. The number of anilines is 2. The van der Waals surface area contributed by atoms with Gasteiger partial charge in [-0.3, -0.25) is 15.0 Å². The number of pyridine rings is 1. The number of amides is 1. The van der Waals surface area contributed by atoms with Gasteiger partial charge in [-0.15, -0.1) is 10.2 Å². The molecule has 3 heterocycles. The van der Waals surface area contributed by atoms with Gasteiger partial charge in [0.05, 0.1) is 12.1 Å². The molecule has 0 aliphatic carbocycles. The van der Waals surface area contributed by atoms with Crippen molar-refractivity contribution in [3.63, 3.8) is 0 Å². The molecule has 1 N–H and O–H groups in total. The summed E-state index contributed by atoms with van der Waals surface area (Å²) in [6.07, 6.45) is 0. The highest BCUT2D eigenvalue weighted by Gasteiger charge is 2.20. The second-order valence-corrected chi connectivity index (χ2v) is 7.71. The number of nitrogens with zero attached hydrogens (tertiary/aromatic N) is 5. The normalized spacial score (nSPS) is 15.3. The van der Waals surface area contributed by atoms with Gasteiger partial charge in [0.2, 0.25) is 11.0 Å². The second-order valence-electron chi connectivity index (χ2n) is 6.47. The van der Waals surface area contributed by atoms with Gasteiger partial charge in [0.1, 0.15) is 11.3 Å². The molecule has 0 bridgehead atoms. The van der Waals surface area contributed by atoms with Crippen LogP contribution in [0, 0.1) is 6.92 Å². The summed E-state index contributed by atoms with van der Waals surface area (Å²) in [5.41, 5.74) is 3.54. The Labute approximate surface area is 166 Å². The third kappa shape index (κ3) is 4.02. The quantitative estimate of drug-likeness (QED) is 0.723. The molecule has 0 unspecified atom stereocenters. The zero-order chi connectivity index (χ0) is 18.8. The number of piperazine rings is 1. The Bertz CT molecular complexity index is 956. The number of rotatable bonds is 4. The van der Waals surface area contributed by atoms with Crippen molar-refractivity contribution in [2.45, 2.75) is 6.92 Å². The van der Waals surface area contributed by atoms with Gasteiger partial charge in [-0.2, -0.15) is 0 Å². The lowest BCUT2D eigenvalue weighted by Crippen LogP contribution is -2.48. The van der Waals surface area contributed by atoms with Gasteiger partial charge < -0.3 is 4.90 Å². The minimum Gasteiger partial charge on any atom is -0.354 e. The van der Waals surface area contributed by atoms with Crippen LogP contribution >= 0.6 is 22.9 Å². The van der Waals surface area contributed by atoms with E-state index in [1.807, 2.05) is 25.1 Å². The van der Waals surface area contributed by atoms with Crippen LogP contribution < -0.4 is 10.2 Å². The lowest BCUT2D eigenvalue weighted by Gasteiger charge is -2.35. The van der Waals surface area contributed by atoms with Gasteiger partial charge in [0, 0.05) is 36.6 Å². The van der Waals surface area contributed by atoms with Gasteiger partial charge in [0.15, 0.2) is 0 Å². The van der Waals surface area contributed by atoms with Crippen molar-refractivity contribution in [1.82, 2.24) is 20.1 Å². The van der Waals surface area contributed by atoms with Crippen LogP contribution in [0.15, 0.2) is 29.8 Å². The molecule has 140 valence electrons. The summed E-state index contributed by atoms with van der Waals surface area (Å²) >= 11 is 7.55. The van der Waals surface area contributed by atoms with Gasteiger partial charge in [-0.1, -0.05) is 29.0 Å². The van der Waals surface area contributed by atoms with Crippen molar-refractivity contribution in [2.24, 2.45) is 0 Å². The molecule has 1 fully saturated rings. The molecule has 0 radical (unpaired) electrons. The Morgan fingerprint density at radius 3 is 2.74 bits per heavy atom. The van der Waals surface area contributed by atoms with E-state index in [4.69, 9.17) is 16.6 Å². The predicted molar refractivity (Wildman–Crippen MR) is 109 cm³/mol. The maximum atomic E-state index is 12.1. The monoisotopic (exact) mass is 402 g/mol. The molecular weight excluding hydrogens is 384 g/mol. The smallest absolute Gasteiger partial charge is 0.240 e. The maximum Gasteiger partial charge on any atom is 0.240 e. The number of carbonyl (C=O) groups is 1. The number of halogens is 1. The molecule has 0 spiro atoms. The van der Waals surface area contributed by atoms with E-state index in [1.165, 1.54) is 11.3 Å². The van der Waals surface area contributed by atoms with Crippen LogP contribution in [0.4, 0.5) is 10.9 Å². The van der Waals surface area contributed by atoms with Crippen LogP contribution in [-0.2, 0) is 4.79 Å². The highest BCUT2D eigenvalue weighted by atomic mass is 35.5. The molecule has 1 aliphatic rings. The lowest BCUT2D eigenvalue weighted by atomic mass is 10.1. The number of carbonyl (C=O) groups excluding carboxylic acids is 1. The Morgan fingerprint density at radius 1 is 1.22 bits per heavy atom. The zero-order valence-electron chi connectivity index (χ0n) is 14.9. The third-order valence-electron chi connectivity index (χ3n) is 4.70. The molecule has 3 aromatic rings. The van der Waals surface area contributed by atoms with Crippen LogP contribution in [0.5, 0.6) is 0 Å². The van der Waals surface area contributed by atoms with Crippen molar-refractivity contribution in [3.8, 4) is 0 Å². The van der Waals surface area contributed by atoms with E-state index >= 15 is 0 Å². The van der Waals surface area contributed by atoms with E-state index in [0.717, 1.165) is 53.5 Å². The maximum absolute atomic E-state index is 12.1. The Kier molecular flexibility index (Phi) is 5.20. The van der Waals surface area contributed by atoms with Crippen molar-refractivity contribution in [3.05, 3.63) is 40.4 Å². The average molecular weight is 403 g/mol. The molecule has 4 rings (SSSR count). The van der Waals surface area contributed by atoms with Crippen molar-refractivity contribution < 1.29 is 4.79 Å². The Balaban J connectivity index is 1.38. The highest BCUT2D eigenvalue weighted by molar-refractivity contribution is 7.13. The summed E-state index contributed by atoms with van der Waals surface area (Å²) in [4.78, 5) is 21.3. The highest BCUT2D eigenvalue weighted by Crippen LogP contribution is 2.26. The molecule has 1 amide bonds. The first-order valence-corrected chi connectivity index (χ1v) is 9.95. The molecule has 1 aromatic carbocycles. The first-order chi connectivity index (χ1) is 13.1. The summed E-state index contributed by atoms with van der Waals surface area (Å²) in [6, 6.07) is 8.04. The van der Waals surface area contributed by atoms with Gasteiger partial charge in [-0.25, -0.2) is 4.98 Å². The number of aryl methyl sites for hydroxylation is 1. The van der Waals surface area contributed by atoms with Crippen LogP contribution in [0.3, 0.4) is 0 Å². The summed E-state index contributed by atoms with van der Waals surface area (Å²) in [6.45, 7) is 5.60. The average Bonchev–Trinajstić information content (AvgIpc) is 3.18. The molecule has 1 aliphatic heterocycles. The number of nitrogens with one attached hydrogen (secondary N) is 1. The number of benzene rings is 1. The van der Waals surface area contributed by atoms with Gasteiger partial charge in [0.25, 0.3) is 0 Å². The molecule has 2 aromatic heterocycles. The van der Waals surface area contributed by atoms with Gasteiger partial charge >= 0.3 is 0 Å². The number of hydrogen-bond donors (Lipinski definition) is 1. The van der Waals surface area contributed by atoms with E-state index in [2.05, 4.69) is 31.4 Å². The number of hydrogen-bond acceptors (Lipinski definition) is 7. The van der Waals surface area contributed by atoms with Crippen LogP contribution in [0.1, 0.15) is 5.56 Å². The second kappa shape index (κ2) is 7.75. The molecule has 7 nitrogen and oxygen atoms in total. The van der Waals surface area contributed by atoms with Crippen molar-refractivity contribution >= 4 is 50.7 Å². The molecule has 0 atom stereocenters. The fraction of sp³-hybridized carbons (Fsp3) is 0.333. The summed E-state index contributed by atoms with van der Waals surface area (Å²) in [5.74, 6) is 0.889. The Hall–Kier alpha value is -2.29. The van der Waals surface area contributed by atoms with E-state index in [-0.39, 0.29) is 5.91 Å². The van der Waals surface area contributed by atoms with Crippen molar-refractivity contribution in [2.75, 3.05) is 42.9 Å². The molecular formula is C18H19ClN6OS. The summed E-state index contributed by atoms with van der Waals surface area (Å²) in [7, 11) is 0. The van der Waals surface area contributed by atoms with E-state index in [9.17, 15) is 4.79 Å². The standard InChI is InChI=1S/C18H19ClN6OS/c1-12-14(19)4-2-13-3-5-15(21-17(12)13)25-8-6-24(7-9-25)10-16(26)22-18-23-20-11-27-18/h2-5,11H,6-10H2,1H3,(H,22,23,26). The first kappa shape index (κ1) is 18.1. The van der Waals surface area contributed by atoms with Crippen molar-refractivity contribution in [1.29, 1.82) is 0 Å². The predicted octanol–water partition coefficient (Wildman–Crippen LogP) is 2.81. The summed E-state index contributed by atoms with van der Waals surface area (Å²) < 4.78 is 0. The topological polar surface area (TPSA) is 74.2 Å². The molecule has 9 heteroatoms. The fourth-order valence-corrected chi connectivity index (χ4v) is 3.81. The lowest BCUT2D eigenvalue weighted by molar-refractivity contribution is -0.117. The summed E-state index contributed by atoms with van der Waals surface area (Å²) in [5, 5.41) is 12.7. The SMILES string of the molecule is Cc1c(Cl)ccc2ccc(N3CCN(CC(=O)Nc4nncs4)CC3)nc12. The third-order valence-corrected chi connectivity index (χ3v) is 5.72. The van der Waals surface area contributed by atoms with Crippen LogP contribution in [-0.4, -0.2) is 58.7 Å². The van der Waals surface area contributed by atoms with Crippen LogP contribution in [0.2, 0.25) is 5.02 Å². The Morgan fingerprint density at radius 2 is 2.00 bits per heavy atom. The minimum atomic E-state index is -0.0608. The molecule has 27 heavy (non-hydrogen) atoms. The van der Waals surface area contributed by atoms with E-state index in [0.29, 0.717) is 11.7 Å². The largest absolute Gasteiger partial charge is 0.354 e. The fourth-order valence-electron chi connectivity index (χ4n) is 3.20. The van der Waals surface area contributed by atoms with Crippen LogP contribution in [0.25, 0.3) is 10.9 Å². The van der Waals surface area contributed by atoms with E-state index < -0.39 is 0 Å². The number of aromatic nitrogens is 3. The zero-order valence-corrected chi connectivity index (χ0v) is 16.4. The minimum absolute atomic E-state index is 0.0608. The van der Waals surface area contributed by atoms with Gasteiger partial charge in [-0.05, 0) is 30.7 Å². The first-order valence-electron chi connectivity index (χ1n) is 8.69. The molecule has 0 saturated carbocycles.